The molecule has 36 heavy (non-hydrogen) atoms. The Kier molecular flexibility index (Phi) is 8.62. The fourth-order valence-electron chi connectivity index (χ4n) is 2.89. The molecule has 0 fully saturated rings. The summed E-state index contributed by atoms with van der Waals surface area (Å²) in [6.07, 6.45) is -4.44. The summed E-state index contributed by atoms with van der Waals surface area (Å²) in [6.45, 7) is 4.17. The molecule has 190 valence electrons. The third-order valence-corrected chi connectivity index (χ3v) is 4.40. The Bertz CT molecular complexity index is 1260. The zero-order valence-electron chi connectivity index (χ0n) is 19.5. The number of halogens is 3. The summed E-state index contributed by atoms with van der Waals surface area (Å²) in [6, 6.07) is 13.0. The lowest BCUT2D eigenvalue weighted by Crippen LogP contribution is -2.10. The van der Waals surface area contributed by atoms with Gasteiger partial charge in [-0.05, 0) is 42.5 Å². The van der Waals surface area contributed by atoms with E-state index in [2.05, 4.69) is 35.8 Å². The maximum absolute atomic E-state index is 12.9. The van der Waals surface area contributed by atoms with Crippen LogP contribution in [0, 0.1) is 0 Å². The van der Waals surface area contributed by atoms with Gasteiger partial charge in [-0.2, -0.15) is 28.1 Å². The predicted octanol–water partition coefficient (Wildman–Crippen LogP) is 4.83. The molecule has 10 nitrogen and oxygen atoms in total. The molecule has 0 amide bonds. The first-order valence-corrected chi connectivity index (χ1v) is 10.9. The van der Waals surface area contributed by atoms with Gasteiger partial charge in [0, 0.05) is 23.9 Å². The number of nitrogens with two attached hydrogens (primary N) is 1. The highest BCUT2D eigenvalue weighted by Crippen LogP contribution is 2.31. The van der Waals surface area contributed by atoms with Crippen LogP contribution < -0.4 is 21.1 Å². The Morgan fingerprint density at radius 3 is 2.44 bits per heavy atom. The van der Waals surface area contributed by atoms with Crippen molar-refractivity contribution in [2.24, 2.45) is 0 Å². The predicted molar refractivity (Wildman–Crippen MR) is 130 cm³/mol. The second-order valence-electron chi connectivity index (χ2n) is 6.94. The number of aliphatic hydroxyl groups is 1. The molecule has 4 rings (SSSR count). The average Bonchev–Trinajstić information content (AvgIpc) is 3.32. The van der Waals surface area contributed by atoms with Gasteiger partial charge in [0.05, 0.1) is 12.2 Å². The maximum Gasteiger partial charge on any atom is 0.416 e. The number of aromatic amines is 1. The van der Waals surface area contributed by atoms with Gasteiger partial charge >= 0.3 is 6.18 Å². The van der Waals surface area contributed by atoms with E-state index >= 15 is 0 Å². The van der Waals surface area contributed by atoms with Crippen molar-refractivity contribution in [3.63, 3.8) is 0 Å². The van der Waals surface area contributed by atoms with Crippen LogP contribution in [0.1, 0.15) is 19.4 Å². The normalized spacial score (nSPS) is 10.8. The molecular formula is C23H25F3N8O2. The Labute approximate surface area is 204 Å². The lowest BCUT2D eigenvalue weighted by atomic mass is 10.2. The monoisotopic (exact) mass is 502 g/mol. The minimum absolute atomic E-state index is 0.0887. The van der Waals surface area contributed by atoms with Gasteiger partial charge in [0.1, 0.15) is 11.6 Å². The van der Waals surface area contributed by atoms with E-state index in [1.165, 1.54) is 18.2 Å². The molecule has 0 saturated carbocycles. The molecule has 0 aliphatic rings. The molecule has 0 aliphatic heterocycles. The Morgan fingerprint density at radius 1 is 1.00 bits per heavy atom. The van der Waals surface area contributed by atoms with E-state index in [4.69, 9.17) is 15.6 Å². The fraction of sp³-hybridized carbons (Fsp3) is 0.217. The lowest BCUT2D eigenvalue weighted by Gasteiger charge is -2.09. The highest BCUT2D eigenvalue weighted by Gasteiger charge is 2.30. The molecule has 0 bridgehead atoms. The molecule has 0 atom stereocenters. The summed E-state index contributed by atoms with van der Waals surface area (Å²) >= 11 is 0. The van der Waals surface area contributed by atoms with E-state index in [0.717, 1.165) is 12.1 Å². The van der Waals surface area contributed by atoms with Crippen molar-refractivity contribution < 1.29 is 23.0 Å². The van der Waals surface area contributed by atoms with Crippen molar-refractivity contribution in [2.45, 2.75) is 20.0 Å². The lowest BCUT2D eigenvalue weighted by molar-refractivity contribution is -0.137. The molecule has 2 aromatic heterocycles. The van der Waals surface area contributed by atoms with Crippen molar-refractivity contribution >= 4 is 23.4 Å². The second-order valence-corrected chi connectivity index (χ2v) is 6.94. The fourth-order valence-corrected chi connectivity index (χ4v) is 2.89. The molecule has 2 heterocycles. The number of nitrogens with zero attached hydrogens (tertiary/aromatic N) is 4. The van der Waals surface area contributed by atoms with E-state index in [9.17, 15) is 13.2 Å². The Morgan fingerprint density at radius 2 is 1.75 bits per heavy atom. The van der Waals surface area contributed by atoms with E-state index in [-0.39, 0.29) is 42.4 Å². The van der Waals surface area contributed by atoms with Crippen molar-refractivity contribution in [3.05, 3.63) is 60.2 Å². The van der Waals surface area contributed by atoms with Crippen molar-refractivity contribution in [1.29, 1.82) is 0 Å². The van der Waals surface area contributed by atoms with E-state index in [1.54, 1.807) is 24.3 Å². The van der Waals surface area contributed by atoms with Gasteiger partial charge in [0.2, 0.25) is 17.8 Å². The number of ether oxygens (including phenoxy) is 1. The highest BCUT2D eigenvalue weighted by atomic mass is 19.4. The van der Waals surface area contributed by atoms with Crippen LogP contribution in [0.15, 0.2) is 54.6 Å². The van der Waals surface area contributed by atoms with Crippen LogP contribution in [0.3, 0.4) is 0 Å². The zero-order chi connectivity index (χ0) is 26.1. The number of hydrogen-bond acceptors (Lipinski definition) is 9. The second kappa shape index (κ2) is 11.8. The molecule has 6 N–H and O–H groups in total. The number of benzene rings is 2. The average molecular weight is 503 g/mol. The van der Waals surface area contributed by atoms with Crippen LogP contribution in [0.5, 0.6) is 11.6 Å². The molecule has 2 aromatic carbocycles. The standard InChI is InChI=1S/C21H19F3N8O2.C2H6/c22-21(23,24)13-2-1-3-14(10-13)27-20-30-18(31-32-20)12-4-6-15(7-5-12)34-17-11-16(25)28-19(29-17)26-8-9-33;1-2/h1-7,10-11,33H,8-9H2,(H3,25,26,28,29)(H2,27,30,31,32);1-2H3. The quantitative estimate of drug-likeness (QED) is 0.229. The van der Waals surface area contributed by atoms with Crippen molar-refractivity contribution in [1.82, 2.24) is 25.1 Å². The summed E-state index contributed by atoms with van der Waals surface area (Å²) in [5.74, 6) is 1.63. The van der Waals surface area contributed by atoms with Gasteiger partial charge in [-0.3, -0.25) is 5.10 Å². The third kappa shape index (κ3) is 7.06. The number of aliphatic hydroxyl groups excluding tert-OH is 1. The first-order valence-electron chi connectivity index (χ1n) is 10.9. The number of H-pyrrole nitrogens is 1. The topological polar surface area (TPSA) is 147 Å². The number of anilines is 4. The molecule has 0 saturated heterocycles. The minimum atomic E-state index is -4.44. The number of hydrogen-bond donors (Lipinski definition) is 5. The molecule has 0 radical (unpaired) electrons. The van der Waals surface area contributed by atoms with Crippen LogP contribution in [0.4, 0.5) is 36.6 Å². The van der Waals surface area contributed by atoms with E-state index in [1.807, 2.05) is 13.8 Å². The molecule has 0 spiro atoms. The van der Waals surface area contributed by atoms with Gasteiger partial charge in [-0.25, -0.2) is 0 Å². The van der Waals surface area contributed by atoms with Crippen LogP contribution in [-0.4, -0.2) is 43.4 Å². The molecule has 4 aromatic rings. The number of aromatic nitrogens is 5. The molecule has 0 unspecified atom stereocenters. The van der Waals surface area contributed by atoms with Crippen LogP contribution >= 0.6 is 0 Å². The Hall–Kier alpha value is -4.39. The Balaban J connectivity index is 0.00000176. The maximum atomic E-state index is 12.9. The SMILES string of the molecule is CC.Nc1cc(Oc2ccc(-c3nc(Nc4cccc(C(F)(F)F)c4)n[nH]3)cc2)nc(NCCO)n1. The first kappa shape index (κ1) is 26.2. The summed E-state index contributed by atoms with van der Waals surface area (Å²) in [5, 5.41) is 21.2. The van der Waals surface area contributed by atoms with Gasteiger partial charge in [-0.15, -0.1) is 5.10 Å². The van der Waals surface area contributed by atoms with Gasteiger partial charge in [-0.1, -0.05) is 19.9 Å². The number of nitrogen functional groups attached to an aromatic ring is 1. The zero-order valence-corrected chi connectivity index (χ0v) is 19.5. The summed E-state index contributed by atoms with van der Waals surface area (Å²) < 4.78 is 44.4. The smallest absolute Gasteiger partial charge is 0.416 e. The summed E-state index contributed by atoms with van der Waals surface area (Å²) in [7, 11) is 0. The summed E-state index contributed by atoms with van der Waals surface area (Å²) in [4.78, 5) is 12.4. The largest absolute Gasteiger partial charge is 0.439 e. The van der Waals surface area contributed by atoms with Gasteiger partial charge in [0.15, 0.2) is 5.82 Å². The number of rotatable bonds is 8. The van der Waals surface area contributed by atoms with Crippen LogP contribution in [0.2, 0.25) is 0 Å². The number of nitrogens with one attached hydrogen (secondary N) is 3. The minimum Gasteiger partial charge on any atom is -0.439 e. The highest BCUT2D eigenvalue weighted by molar-refractivity contribution is 5.60. The summed E-state index contributed by atoms with van der Waals surface area (Å²) in [5.41, 5.74) is 5.86. The van der Waals surface area contributed by atoms with Crippen LogP contribution in [-0.2, 0) is 6.18 Å². The van der Waals surface area contributed by atoms with Gasteiger partial charge in [0.25, 0.3) is 0 Å². The third-order valence-electron chi connectivity index (χ3n) is 4.40. The van der Waals surface area contributed by atoms with Crippen LogP contribution in [0.25, 0.3) is 11.4 Å². The molecule has 0 aliphatic carbocycles. The van der Waals surface area contributed by atoms with E-state index < -0.39 is 11.7 Å². The number of alkyl halides is 3. The van der Waals surface area contributed by atoms with Crippen molar-refractivity contribution in [2.75, 3.05) is 29.5 Å². The molecule has 13 heteroatoms. The van der Waals surface area contributed by atoms with Gasteiger partial charge < -0.3 is 26.2 Å². The molecular weight excluding hydrogens is 477 g/mol. The van der Waals surface area contributed by atoms with Crippen molar-refractivity contribution in [3.8, 4) is 23.0 Å². The van der Waals surface area contributed by atoms with E-state index in [0.29, 0.717) is 17.1 Å². The first-order chi connectivity index (χ1) is 17.3.